The van der Waals surface area contributed by atoms with Gasteiger partial charge in [-0.2, -0.15) is 29.0 Å². The van der Waals surface area contributed by atoms with Gasteiger partial charge in [0.05, 0.1) is 33.8 Å². The summed E-state index contributed by atoms with van der Waals surface area (Å²) in [6.45, 7) is 0.255. The number of urea groups is 1. The Labute approximate surface area is 238 Å². The second kappa shape index (κ2) is 11.2. The summed E-state index contributed by atoms with van der Waals surface area (Å²) in [5, 5.41) is 9.49. The number of hydrogen-bond acceptors (Lipinski definition) is 5. The van der Waals surface area contributed by atoms with Crippen LogP contribution < -0.4 is 4.90 Å². The number of hydrogen-bond donors (Lipinski definition) is 2. The van der Waals surface area contributed by atoms with Crippen molar-refractivity contribution < 1.29 is 31.9 Å². The number of allylic oxidation sites excluding steroid dienone is 1. The van der Waals surface area contributed by atoms with Gasteiger partial charge < -0.3 is 4.90 Å². The van der Waals surface area contributed by atoms with E-state index in [-0.39, 0.29) is 46.4 Å². The molecule has 2 aliphatic carbocycles. The van der Waals surface area contributed by atoms with Crippen LogP contribution >= 0.6 is 10.6 Å². The number of Topliss-reactive ketones (excluding diaryl/α,β-unsaturated/α-hetero) is 1. The maximum absolute atomic E-state index is 14.4. The number of anilines is 1. The summed E-state index contributed by atoms with van der Waals surface area (Å²) < 4.78 is 62.6. The number of nitrogens with zero attached hydrogens (tertiary/aromatic N) is 3. The summed E-state index contributed by atoms with van der Waals surface area (Å²) in [4.78, 5) is 31.0. The number of amides is 2. The molecular weight excluding hydrogens is 555 g/mol. The Morgan fingerprint density at radius 2 is 1.76 bits per heavy atom. The minimum Gasteiger partial charge on any atom is -0.312 e. The van der Waals surface area contributed by atoms with Crippen molar-refractivity contribution in [3.63, 3.8) is 0 Å². The second-order valence-electron chi connectivity index (χ2n) is 11.1. The van der Waals surface area contributed by atoms with Crippen LogP contribution in [0.1, 0.15) is 74.1 Å². The number of alkyl halides is 3. The molecule has 0 aromatic heterocycles. The Morgan fingerprint density at radius 3 is 2.41 bits per heavy atom. The van der Waals surface area contributed by atoms with E-state index in [0.717, 1.165) is 44.2 Å². The second-order valence-corrected chi connectivity index (χ2v) is 13.2. The normalized spacial score (nSPS) is 21.1. The first-order chi connectivity index (χ1) is 19.4. The zero-order valence-electron chi connectivity index (χ0n) is 22.7. The summed E-state index contributed by atoms with van der Waals surface area (Å²) in [5.74, 6) is -0.125. The molecule has 1 fully saturated rings. The molecule has 0 radical (unpaired) electrons. The number of halogens is 3. The Kier molecular flexibility index (Phi) is 7.94. The molecule has 2 amide bonds. The number of ketones is 1. The van der Waals surface area contributed by atoms with Crippen LogP contribution in [0.2, 0.25) is 0 Å². The van der Waals surface area contributed by atoms with Gasteiger partial charge in [0, 0.05) is 36.1 Å². The molecule has 1 saturated carbocycles. The van der Waals surface area contributed by atoms with Gasteiger partial charge in [-0.25, -0.2) is 4.79 Å². The molecule has 2 aromatic carbocycles. The van der Waals surface area contributed by atoms with Gasteiger partial charge in [0.25, 0.3) is 0 Å². The minimum absolute atomic E-state index is 0.0268. The van der Waals surface area contributed by atoms with Gasteiger partial charge in [-0.1, -0.05) is 31.4 Å². The molecule has 11 heteroatoms. The molecule has 1 unspecified atom stereocenters. The molecule has 3 aliphatic rings. The number of carbonyl (C=O) groups is 2. The molecular formula is C30H32F3N3O4S. The first-order valence-electron chi connectivity index (χ1n) is 13.7. The van der Waals surface area contributed by atoms with Crippen molar-refractivity contribution in [3.8, 4) is 6.07 Å². The number of nitriles is 1. The van der Waals surface area contributed by atoms with E-state index in [0.29, 0.717) is 24.1 Å². The van der Waals surface area contributed by atoms with Crippen molar-refractivity contribution in [2.24, 2.45) is 5.92 Å². The lowest BCUT2D eigenvalue weighted by Gasteiger charge is -2.47. The highest BCUT2D eigenvalue weighted by Gasteiger charge is 2.46. The van der Waals surface area contributed by atoms with Gasteiger partial charge >= 0.3 is 12.2 Å². The summed E-state index contributed by atoms with van der Waals surface area (Å²) >= 11 is 0. The van der Waals surface area contributed by atoms with Gasteiger partial charge in [0.15, 0.2) is 5.78 Å². The third-order valence-corrected chi connectivity index (χ3v) is 9.37. The van der Waals surface area contributed by atoms with E-state index in [4.69, 9.17) is 0 Å². The summed E-state index contributed by atoms with van der Waals surface area (Å²) in [6, 6.07) is 9.47. The molecule has 7 nitrogen and oxygen atoms in total. The lowest BCUT2D eigenvalue weighted by molar-refractivity contribution is -0.137. The molecule has 218 valence electrons. The Morgan fingerprint density at radius 1 is 1.02 bits per heavy atom. The fourth-order valence-corrected chi connectivity index (χ4v) is 7.28. The van der Waals surface area contributed by atoms with Crippen LogP contribution in [-0.4, -0.2) is 38.6 Å². The van der Waals surface area contributed by atoms with Gasteiger partial charge in [0.2, 0.25) is 0 Å². The van der Waals surface area contributed by atoms with Crippen LogP contribution in [0.15, 0.2) is 58.6 Å². The Hall–Kier alpha value is -3.33. The predicted octanol–water partition coefficient (Wildman–Crippen LogP) is 7.89. The van der Waals surface area contributed by atoms with E-state index in [9.17, 15) is 37.1 Å². The predicted molar refractivity (Wildman–Crippen MR) is 149 cm³/mol. The third-order valence-electron chi connectivity index (χ3n) is 8.19. The van der Waals surface area contributed by atoms with Crippen LogP contribution in [0, 0.1) is 17.2 Å². The SMILES string of the molecule is CS(O)(O)c1cc(C#N)ccc1C1C2=C(CCCC2=O)N(c2cccc(C(F)(F)F)c2)C(=O)N1CC1CCCCC1. The standard InChI is InChI=1S/C30H32F3N3O4S/c1-41(39,40)26-15-20(17-34)13-14-23(26)28-27-24(11-6-12-25(27)37)36(22-10-5-9-21(16-22)30(31,32)33)29(38)35(28)18-19-7-3-2-4-8-19/h5,9-10,13-16,19,28,39-40H,2-4,6-8,11-12,18H2,1H3. The van der Waals surface area contributed by atoms with Gasteiger partial charge in [0.1, 0.15) is 0 Å². The van der Waals surface area contributed by atoms with Crippen molar-refractivity contribution in [2.45, 2.75) is 68.5 Å². The highest BCUT2D eigenvalue weighted by atomic mass is 32.3. The quantitative estimate of drug-likeness (QED) is 0.370. The Bertz CT molecular complexity index is 1440. The average Bonchev–Trinajstić information content (AvgIpc) is 2.93. The van der Waals surface area contributed by atoms with Crippen LogP contribution in [-0.2, 0) is 11.0 Å². The summed E-state index contributed by atoms with van der Waals surface area (Å²) in [7, 11) is -3.39. The molecule has 0 bridgehead atoms. The third kappa shape index (κ3) is 5.73. The maximum atomic E-state index is 14.4. The summed E-state index contributed by atoms with van der Waals surface area (Å²) in [5.41, 5.74) is 0.266. The van der Waals surface area contributed by atoms with Gasteiger partial charge in [-0.15, -0.1) is 0 Å². The Balaban J connectivity index is 1.75. The first kappa shape index (κ1) is 29.2. The smallest absolute Gasteiger partial charge is 0.312 e. The van der Waals surface area contributed by atoms with E-state index in [2.05, 4.69) is 0 Å². The lowest BCUT2D eigenvalue weighted by atomic mass is 9.82. The zero-order chi connectivity index (χ0) is 29.5. The number of rotatable bonds is 5. The largest absolute Gasteiger partial charge is 0.416 e. The summed E-state index contributed by atoms with van der Waals surface area (Å²) in [6.07, 6.45) is 2.32. The highest BCUT2D eigenvalue weighted by molar-refractivity contribution is 8.23. The van der Waals surface area contributed by atoms with Crippen molar-refractivity contribution in [2.75, 3.05) is 17.7 Å². The molecule has 1 aliphatic heterocycles. The maximum Gasteiger partial charge on any atom is 0.416 e. The van der Waals surface area contributed by atoms with Crippen molar-refractivity contribution >= 4 is 28.1 Å². The van der Waals surface area contributed by atoms with Crippen LogP contribution in [0.5, 0.6) is 0 Å². The molecule has 41 heavy (non-hydrogen) atoms. The fraction of sp³-hybridized carbons (Fsp3) is 0.433. The molecule has 1 heterocycles. The average molecular weight is 588 g/mol. The molecule has 0 spiro atoms. The van der Waals surface area contributed by atoms with Crippen molar-refractivity contribution in [1.82, 2.24) is 4.90 Å². The van der Waals surface area contributed by atoms with Crippen molar-refractivity contribution in [3.05, 3.63) is 70.4 Å². The van der Waals surface area contributed by atoms with Crippen LogP contribution in [0.4, 0.5) is 23.7 Å². The fourth-order valence-electron chi connectivity index (χ4n) is 6.31. The monoisotopic (exact) mass is 587 g/mol. The molecule has 2 aromatic rings. The van der Waals surface area contributed by atoms with E-state index >= 15 is 0 Å². The van der Waals surface area contributed by atoms with E-state index in [1.165, 1.54) is 40.3 Å². The topological polar surface area (TPSA) is 105 Å². The van der Waals surface area contributed by atoms with E-state index in [1.807, 2.05) is 6.07 Å². The van der Waals surface area contributed by atoms with Crippen molar-refractivity contribution in [1.29, 1.82) is 5.26 Å². The van der Waals surface area contributed by atoms with Crippen LogP contribution in [0.25, 0.3) is 0 Å². The molecule has 1 atom stereocenters. The minimum atomic E-state index is -4.62. The lowest BCUT2D eigenvalue weighted by Crippen LogP contribution is -2.53. The van der Waals surface area contributed by atoms with Crippen LogP contribution in [0.3, 0.4) is 0 Å². The zero-order valence-corrected chi connectivity index (χ0v) is 23.5. The van der Waals surface area contributed by atoms with E-state index < -0.39 is 34.4 Å². The first-order valence-corrected chi connectivity index (χ1v) is 15.7. The van der Waals surface area contributed by atoms with E-state index in [1.54, 1.807) is 6.07 Å². The highest BCUT2D eigenvalue weighted by Crippen LogP contribution is 2.53. The number of benzene rings is 2. The molecule has 5 rings (SSSR count). The molecule has 2 N–H and O–H groups in total. The van der Waals surface area contributed by atoms with Gasteiger partial charge in [-0.05, 0) is 61.9 Å². The molecule has 0 saturated heterocycles. The number of carbonyl (C=O) groups excluding carboxylic acids is 2. The van der Waals surface area contributed by atoms with Gasteiger partial charge in [-0.3, -0.25) is 18.8 Å².